The first-order valence-corrected chi connectivity index (χ1v) is 16.6. The van der Waals surface area contributed by atoms with Crippen molar-refractivity contribution in [2.45, 2.75) is 19.6 Å². The molecule has 0 radical (unpaired) electrons. The molecule has 11 heteroatoms. The molecule has 11 nitrogen and oxygen atoms in total. The lowest BCUT2D eigenvalue weighted by molar-refractivity contribution is 0.149. The van der Waals surface area contributed by atoms with E-state index < -0.39 is 0 Å². The fourth-order valence-corrected chi connectivity index (χ4v) is 5.76. The molecule has 0 saturated heterocycles. The van der Waals surface area contributed by atoms with Gasteiger partial charge in [0, 0.05) is 78.5 Å². The van der Waals surface area contributed by atoms with E-state index in [0.717, 1.165) is 110 Å². The highest BCUT2D eigenvalue weighted by Crippen LogP contribution is 2.30. The van der Waals surface area contributed by atoms with E-state index in [1.165, 1.54) is 0 Å². The van der Waals surface area contributed by atoms with Crippen LogP contribution in [0.25, 0.3) is 0 Å². The fraction of sp³-hybridized carbons (Fsp3) is 0.500. The van der Waals surface area contributed by atoms with Crippen molar-refractivity contribution in [2.75, 3.05) is 100 Å². The molecule has 0 amide bonds. The molecular formula is C36H51N5O6. The molecule has 3 aromatic rings. The molecule has 0 saturated carbocycles. The minimum Gasteiger partial charge on any atom is -0.493 e. The Kier molecular flexibility index (Phi) is 13.7. The summed E-state index contributed by atoms with van der Waals surface area (Å²) in [7, 11) is 5.06. The summed E-state index contributed by atoms with van der Waals surface area (Å²) in [5.74, 6) is 4.39. The predicted molar refractivity (Wildman–Crippen MR) is 183 cm³/mol. The van der Waals surface area contributed by atoms with Crippen molar-refractivity contribution in [3.05, 3.63) is 71.3 Å². The highest BCUT2D eigenvalue weighted by molar-refractivity contribution is 5.44. The van der Waals surface area contributed by atoms with E-state index in [9.17, 15) is 0 Å². The van der Waals surface area contributed by atoms with E-state index in [1.54, 1.807) is 21.3 Å². The van der Waals surface area contributed by atoms with E-state index in [0.29, 0.717) is 39.5 Å². The van der Waals surface area contributed by atoms with Crippen LogP contribution in [-0.2, 0) is 19.6 Å². The third-order valence-electron chi connectivity index (χ3n) is 8.48. The first-order chi connectivity index (χ1) is 23.1. The Hall–Kier alpha value is -3.74. The highest BCUT2D eigenvalue weighted by atomic mass is 16.5. The van der Waals surface area contributed by atoms with Crippen molar-refractivity contribution in [2.24, 2.45) is 0 Å². The summed E-state index contributed by atoms with van der Waals surface area (Å²) in [6, 6.07) is 18.5. The van der Waals surface area contributed by atoms with Crippen LogP contribution in [0.15, 0.2) is 54.6 Å². The largest absolute Gasteiger partial charge is 0.493 e. The molecule has 0 aromatic heterocycles. The molecule has 15 rings (SSSR count). The number of hydrogen-bond acceptors (Lipinski definition) is 11. The fourth-order valence-electron chi connectivity index (χ4n) is 5.76. The minimum absolute atomic E-state index is 0.486. The topological polar surface area (TPSA) is 98.0 Å². The number of ether oxygens (including phenoxy) is 6. The van der Waals surface area contributed by atoms with Gasteiger partial charge in [0.2, 0.25) is 0 Å². The molecule has 0 unspecified atom stereocenters. The molecule has 3 N–H and O–H groups in total. The maximum Gasteiger partial charge on any atom is 0.161 e. The highest BCUT2D eigenvalue weighted by Gasteiger charge is 2.14. The molecule has 0 spiro atoms. The Labute approximate surface area is 279 Å². The normalized spacial score (nSPS) is 20.5. The number of rotatable bonds is 3. The van der Waals surface area contributed by atoms with E-state index in [2.05, 4.69) is 62.1 Å². The molecule has 0 aliphatic carbocycles. The van der Waals surface area contributed by atoms with Crippen LogP contribution in [-0.4, -0.2) is 110 Å². The maximum absolute atomic E-state index is 6.24. The maximum atomic E-state index is 6.24. The van der Waals surface area contributed by atoms with Gasteiger partial charge in [-0.05, 0) is 53.1 Å². The minimum atomic E-state index is 0.486. The molecule has 0 atom stereocenters. The van der Waals surface area contributed by atoms with Gasteiger partial charge in [0.25, 0.3) is 0 Å². The number of methoxy groups -OCH3 is 3. The Balaban J connectivity index is 1.40. The zero-order valence-corrected chi connectivity index (χ0v) is 28.1. The van der Waals surface area contributed by atoms with Gasteiger partial charge in [-0.1, -0.05) is 18.2 Å². The number of nitrogens with zero attached hydrogens (tertiary/aromatic N) is 2. The van der Waals surface area contributed by atoms with Crippen molar-refractivity contribution in [1.82, 2.24) is 25.8 Å². The Morgan fingerprint density at radius 2 is 0.787 bits per heavy atom. The lowest BCUT2D eigenvalue weighted by atomic mass is 10.2. The van der Waals surface area contributed by atoms with E-state index in [4.69, 9.17) is 28.4 Å². The Morgan fingerprint density at radius 1 is 0.468 bits per heavy atom. The van der Waals surface area contributed by atoms with E-state index in [-0.39, 0.29) is 0 Å². The number of nitrogens with one attached hydrogen (secondary N) is 3. The summed E-state index contributed by atoms with van der Waals surface area (Å²) in [5.41, 5.74) is 3.48. The van der Waals surface area contributed by atoms with Gasteiger partial charge >= 0.3 is 0 Å². The van der Waals surface area contributed by atoms with E-state index in [1.807, 2.05) is 18.2 Å². The van der Waals surface area contributed by atoms with Gasteiger partial charge in [0.15, 0.2) is 34.5 Å². The summed E-state index contributed by atoms with van der Waals surface area (Å²) in [4.78, 5) is 4.76. The Bertz CT molecular complexity index is 1230. The van der Waals surface area contributed by atoms with Crippen LogP contribution in [0.4, 0.5) is 0 Å². The standard InChI is InChI=1S/C36H51N5O6/c1-42-34-22-28-4-7-31(34)45-19-16-41-17-20-46-32-8-5-29(23-35(32)43-2)26-38-11-14-40(13-10-37-25-28)15-12-39-27-30-6-9-33(47-21-18-41)36(24-30)44-3/h4-9,22-24,37-39H,10-21,25-27H2,1-3H3. The summed E-state index contributed by atoms with van der Waals surface area (Å²) in [6.07, 6.45) is 0. The molecule has 8 bridgehead atoms. The second-order valence-electron chi connectivity index (χ2n) is 11.7. The van der Waals surface area contributed by atoms with Crippen LogP contribution < -0.4 is 44.4 Å². The monoisotopic (exact) mass is 649 g/mol. The van der Waals surface area contributed by atoms with Gasteiger partial charge in [-0.2, -0.15) is 0 Å². The van der Waals surface area contributed by atoms with Crippen LogP contribution in [0, 0.1) is 0 Å². The zero-order chi connectivity index (χ0) is 32.7. The second-order valence-corrected chi connectivity index (χ2v) is 11.7. The quantitative estimate of drug-likeness (QED) is 0.391. The van der Waals surface area contributed by atoms with Crippen LogP contribution in [0.3, 0.4) is 0 Å². The van der Waals surface area contributed by atoms with Crippen molar-refractivity contribution >= 4 is 0 Å². The molecular weight excluding hydrogens is 598 g/mol. The first-order valence-electron chi connectivity index (χ1n) is 16.6. The molecule has 12 heterocycles. The summed E-state index contributed by atoms with van der Waals surface area (Å²) >= 11 is 0. The van der Waals surface area contributed by atoms with Crippen LogP contribution in [0.1, 0.15) is 16.7 Å². The number of hydrogen-bond donors (Lipinski definition) is 3. The van der Waals surface area contributed by atoms with Gasteiger partial charge in [-0.15, -0.1) is 0 Å². The van der Waals surface area contributed by atoms with Crippen molar-refractivity contribution < 1.29 is 28.4 Å². The van der Waals surface area contributed by atoms with Crippen LogP contribution in [0.2, 0.25) is 0 Å². The third-order valence-corrected chi connectivity index (χ3v) is 8.48. The summed E-state index contributed by atoms with van der Waals surface area (Å²) < 4.78 is 35.8. The van der Waals surface area contributed by atoms with Crippen LogP contribution in [0.5, 0.6) is 34.5 Å². The van der Waals surface area contributed by atoms with Gasteiger partial charge in [-0.25, -0.2) is 0 Å². The lowest BCUT2D eigenvalue weighted by Gasteiger charge is -2.24. The van der Waals surface area contributed by atoms with E-state index >= 15 is 0 Å². The average molecular weight is 650 g/mol. The van der Waals surface area contributed by atoms with Crippen molar-refractivity contribution in [3.63, 3.8) is 0 Å². The van der Waals surface area contributed by atoms with Crippen molar-refractivity contribution in [3.8, 4) is 34.5 Å². The molecule has 0 fully saturated rings. The molecule has 12 aliphatic heterocycles. The lowest BCUT2D eigenvalue weighted by Crippen LogP contribution is -2.40. The Morgan fingerprint density at radius 3 is 1.11 bits per heavy atom. The van der Waals surface area contributed by atoms with Gasteiger partial charge in [-0.3, -0.25) is 9.80 Å². The first kappa shape index (κ1) is 34.6. The molecule has 3 aromatic carbocycles. The second kappa shape index (κ2) is 18.6. The average Bonchev–Trinajstić information content (AvgIpc) is 3.10. The molecule has 256 valence electrons. The summed E-state index contributed by atoms with van der Waals surface area (Å²) in [5, 5.41) is 10.9. The SMILES string of the molecule is COc1cc2ccc1OCCN1CCOc3ccc(cc3OC)CNCCN(CCNC2)CCNCc2ccc(c(OC)c2)OCC1. The molecule has 12 aliphatic rings. The predicted octanol–water partition coefficient (Wildman–Crippen LogP) is 3.15. The zero-order valence-electron chi connectivity index (χ0n) is 28.1. The number of benzene rings is 3. The third kappa shape index (κ3) is 10.6. The molecule has 47 heavy (non-hydrogen) atoms. The smallest absolute Gasteiger partial charge is 0.161 e. The van der Waals surface area contributed by atoms with Gasteiger partial charge in [0.05, 0.1) is 21.3 Å². The summed E-state index contributed by atoms with van der Waals surface area (Å²) in [6.45, 7) is 11.2. The van der Waals surface area contributed by atoms with Crippen molar-refractivity contribution in [1.29, 1.82) is 0 Å². The van der Waals surface area contributed by atoms with Crippen LogP contribution >= 0.6 is 0 Å². The van der Waals surface area contributed by atoms with Gasteiger partial charge in [0.1, 0.15) is 19.8 Å². The van der Waals surface area contributed by atoms with Gasteiger partial charge < -0.3 is 44.4 Å².